The molecule has 1 aliphatic rings. The summed E-state index contributed by atoms with van der Waals surface area (Å²) >= 11 is 0. The summed E-state index contributed by atoms with van der Waals surface area (Å²) in [6.07, 6.45) is 0. The number of para-hydroxylation sites is 1. The minimum absolute atomic E-state index is 0.674. The summed E-state index contributed by atoms with van der Waals surface area (Å²) in [6.45, 7) is 5.18. The number of morpholine rings is 1. The topological polar surface area (TPSA) is 46.1 Å². The minimum atomic E-state index is 0.674. The highest BCUT2D eigenvalue weighted by molar-refractivity contribution is 6.09. The van der Waals surface area contributed by atoms with Gasteiger partial charge in [0.1, 0.15) is 18.2 Å². The number of rotatable bonds is 7. The Hall–Kier alpha value is -3.15. The average molecular weight is 402 g/mol. The van der Waals surface area contributed by atoms with Crippen molar-refractivity contribution in [2.45, 2.75) is 0 Å². The molecule has 0 spiro atoms. The molecule has 3 aromatic carbocycles. The van der Waals surface area contributed by atoms with Crippen molar-refractivity contribution in [3.63, 3.8) is 0 Å². The standard InChI is InChI=1S/C25H27N3O2/c1-3-7-21(8-4-1)25(26-22-9-5-2-6-10-22)27-23-11-13-24(14-12-23)30-20-17-28-15-18-29-19-16-28/h1-14H,15-20H2,(H,26,27). The van der Waals surface area contributed by atoms with Crippen LogP contribution in [-0.4, -0.2) is 50.2 Å². The van der Waals surface area contributed by atoms with Crippen molar-refractivity contribution in [3.05, 3.63) is 90.5 Å². The van der Waals surface area contributed by atoms with E-state index in [9.17, 15) is 0 Å². The molecule has 30 heavy (non-hydrogen) atoms. The molecule has 1 fully saturated rings. The van der Waals surface area contributed by atoms with Crippen molar-refractivity contribution in [2.24, 2.45) is 4.99 Å². The lowest BCUT2D eigenvalue weighted by molar-refractivity contribution is 0.0322. The van der Waals surface area contributed by atoms with Crippen LogP contribution in [0.5, 0.6) is 5.75 Å². The Kier molecular flexibility index (Phi) is 7.10. The first-order valence-electron chi connectivity index (χ1n) is 10.4. The molecule has 0 aromatic heterocycles. The molecule has 5 heteroatoms. The lowest BCUT2D eigenvalue weighted by Gasteiger charge is -2.26. The number of ether oxygens (including phenoxy) is 2. The van der Waals surface area contributed by atoms with Crippen molar-refractivity contribution in [1.29, 1.82) is 0 Å². The Bertz CT molecular complexity index is 922. The average Bonchev–Trinajstić information content (AvgIpc) is 2.82. The van der Waals surface area contributed by atoms with Gasteiger partial charge in [0.15, 0.2) is 0 Å². The van der Waals surface area contributed by atoms with E-state index in [1.165, 1.54) is 0 Å². The number of aliphatic imine (C=N–C) groups is 1. The first-order chi connectivity index (χ1) is 14.9. The highest BCUT2D eigenvalue weighted by atomic mass is 16.5. The van der Waals surface area contributed by atoms with Gasteiger partial charge in [-0.25, -0.2) is 4.99 Å². The van der Waals surface area contributed by atoms with E-state index >= 15 is 0 Å². The van der Waals surface area contributed by atoms with Crippen molar-refractivity contribution in [1.82, 2.24) is 4.90 Å². The van der Waals surface area contributed by atoms with Crippen LogP contribution in [0.3, 0.4) is 0 Å². The summed E-state index contributed by atoms with van der Waals surface area (Å²) in [7, 11) is 0. The zero-order chi connectivity index (χ0) is 20.4. The number of amidine groups is 1. The second-order valence-corrected chi connectivity index (χ2v) is 7.11. The van der Waals surface area contributed by atoms with E-state index in [2.05, 4.69) is 22.3 Å². The molecule has 0 unspecified atom stereocenters. The van der Waals surface area contributed by atoms with Crippen LogP contribution in [0.4, 0.5) is 11.4 Å². The van der Waals surface area contributed by atoms with E-state index in [1.807, 2.05) is 72.8 Å². The highest BCUT2D eigenvalue weighted by Crippen LogP contribution is 2.20. The molecule has 1 heterocycles. The number of nitrogens with one attached hydrogen (secondary N) is 1. The molecule has 0 radical (unpaired) electrons. The quantitative estimate of drug-likeness (QED) is 0.465. The summed E-state index contributed by atoms with van der Waals surface area (Å²) in [4.78, 5) is 7.21. The Morgan fingerprint density at radius 2 is 1.53 bits per heavy atom. The van der Waals surface area contributed by atoms with Gasteiger partial charge >= 0.3 is 0 Å². The lowest BCUT2D eigenvalue weighted by Crippen LogP contribution is -2.38. The SMILES string of the molecule is c1ccc(NC(=Nc2ccc(OCCN3CCOCC3)cc2)c2ccccc2)cc1. The fourth-order valence-electron chi connectivity index (χ4n) is 3.28. The van der Waals surface area contributed by atoms with Gasteiger partial charge < -0.3 is 14.8 Å². The number of hydrogen-bond donors (Lipinski definition) is 1. The smallest absolute Gasteiger partial charge is 0.138 e. The van der Waals surface area contributed by atoms with E-state index in [1.54, 1.807) is 0 Å². The number of anilines is 1. The third kappa shape index (κ3) is 5.92. The van der Waals surface area contributed by atoms with Crippen LogP contribution in [-0.2, 0) is 4.74 Å². The molecule has 154 valence electrons. The molecule has 5 nitrogen and oxygen atoms in total. The normalized spacial score (nSPS) is 15.0. The van der Waals surface area contributed by atoms with Gasteiger partial charge in [-0.1, -0.05) is 48.5 Å². The Morgan fingerprint density at radius 3 is 2.23 bits per heavy atom. The minimum Gasteiger partial charge on any atom is -0.492 e. The molecular formula is C25H27N3O2. The molecule has 0 saturated carbocycles. The summed E-state index contributed by atoms with van der Waals surface area (Å²) < 4.78 is 11.3. The largest absolute Gasteiger partial charge is 0.492 e. The maximum absolute atomic E-state index is 5.90. The van der Waals surface area contributed by atoms with Crippen LogP contribution in [0.1, 0.15) is 5.56 Å². The van der Waals surface area contributed by atoms with Crippen molar-refractivity contribution in [2.75, 3.05) is 44.8 Å². The van der Waals surface area contributed by atoms with E-state index in [0.29, 0.717) is 6.61 Å². The summed E-state index contributed by atoms with van der Waals surface area (Å²) in [6, 6.07) is 28.2. The van der Waals surface area contributed by atoms with Crippen molar-refractivity contribution >= 4 is 17.2 Å². The zero-order valence-corrected chi connectivity index (χ0v) is 17.0. The molecule has 0 bridgehead atoms. The van der Waals surface area contributed by atoms with Crippen molar-refractivity contribution in [3.8, 4) is 5.75 Å². The summed E-state index contributed by atoms with van der Waals surface area (Å²) in [5, 5.41) is 3.43. The molecule has 1 saturated heterocycles. The maximum Gasteiger partial charge on any atom is 0.138 e. The van der Waals surface area contributed by atoms with Crippen LogP contribution < -0.4 is 10.1 Å². The Labute approximate surface area is 178 Å². The number of nitrogens with zero attached hydrogens (tertiary/aromatic N) is 2. The summed E-state index contributed by atoms with van der Waals surface area (Å²) in [5.41, 5.74) is 2.91. The first kappa shape index (κ1) is 20.1. The maximum atomic E-state index is 5.90. The summed E-state index contributed by atoms with van der Waals surface area (Å²) in [5.74, 6) is 1.67. The van der Waals surface area contributed by atoms with Gasteiger partial charge in [0.2, 0.25) is 0 Å². The number of hydrogen-bond acceptors (Lipinski definition) is 4. The third-order valence-corrected chi connectivity index (χ3v) is 4.94. The fraction of sp³-hybridized carbons (Fsp3) is 0.240. The van der Waals surface area contributed by atoms with E-state index in [-0.39, 0.29) is 0 Å². The molecule has 0 amide bonds. The van der Waals surface area contributed by atoms with Gasteiger partial charge in [-0.05, 0) is 36.4 Å². The highest BCUT2D eigenvalue weighted by Gasteiger charge is 2.10. The van der Waals surface area contributed by atoms with Gasteiger partial charge in [0, 0.05) is 30.9 Å². The second-order valence-electron chi connectivity index (χ2n) is 7.11. The molecule has 1 aliphatic heterocycles. The van der Waals surface area contributed by atoms with E-state index in [0.717, 1.165) is 61.4 Å². The van der Waals surface area contributed by atoms with E-state index in [4.69, 9.17) is 14.5 Å². The van der Waals surface area contributed by atoms with Crippen molar-refractivity contribution < 1.29 is 9.47 Å². The first-order valence-corrected chi connectivity index (χ1v) is 10.4. The predicted octanol–water partition coefficient (Wildman–Crippen LogP) is 4.59. The van der Waals surface area contributed by atoms with Gasteiger partial charge in [-0.3, -0.25) is 4.90 Å². The molecular weight excluding hydrogens is 374 g/mol. The molecule has 3 aromatic rings. The zero-order valence-electron chi connectivity index (χ0n) is 17.0. The van der Waals surface area contributed by atoms with Crippen LogP contribution in [0, 0.1) is 0 Å². The van der Waals surface area contributed by atoms with E-state index < -0.39 is 0 Å². The molecule has 0 atom stereocenters. The van der Waals surface area contributed by atoms with Crippen LogP contribution in [0.25, 0.3) is 0 Å². The monoisotopic (exact) mass is 401 g/mol. The Balaban J connectivity index is 1.42. The third-order valence-electron chi connectivity index (χ3n) is 4.94. The van der Waals surface area contributed by atoms with Gasteiger partial charge in [0.25, 0.3) is 0 Å². The van der Waals surface area contributed by atoms with Crippen LogP contribution in [0.2, 0.25) is 0 Å². The molecule has 0 aliphatic carbocycles. The molecule has 4 rings (SSSR count). The van der Waals surface area contributed by atoms with Crippen LogP contribution in [0.15, 0.2) is 89.9 Å². The Morgan fingerprint density at radius 1 is 0.867 bits per heavy atom. The second kappa shape index (κ2) is 10.6. The van der Waals surface area contributed by atoms with Gasteiger partial charge in [0.05, 0.1) is 18.9 Å². The lowest BCUT2D eigenvalue weighted by atomic mass is 10.2. The number of benzene rings is 3. The van der Waals surface area contributed by atoms with Gasteiger partial charge in [-0.2, -0.15) is 0 Å². The van der Waals surface area contributed by atoms with Crippen LogP contribution >= 0.6 is 0 Å². The fourth-order valence-corrected chi connectivity index (χ4v) is 3.28. The predicted molar refractivity (Wildman–Crippen MR) is 122 cm³/mol. The van der Waals surface area contributed by atoms with Gasteiger partial charge in [-0.15, -0.1) is 0 Å². The molecule has 1 N–H and O–H groups in total.